The predicted molar refractivity (Wildman–Crippen MR) is 116 cm³/mol. The van der Waals surface area contributed by atoms with Crippen molar-refractivity contribution in [3.63, 3.8) is 0 Å². The molecule has 29 heavy (non-hydrogen) atoms. The fourth-order valence-corrected chi connectivity index (χ4v) is 4.47. The Labute approximate surface area is 172 Å². The Kier molecular flexibility index (Phi) is 6.30. The quantitative estimate of drug-likeness (QED) is 0.566. The lowest BCUT2D eigenvalue weighted by atomic mass is 9.94. The number of benzene rings is 3. The summed E-state index contributed by atoms with van der Waals surface area (Å²) in [6.45, 7) is 5.78. The third-order valence-corrected chi connectivity index (χ3v) is 6.41. The minimum Gasteiger partial charge on any atom is -0.294 e. The molecule has 5 heteroatoms. The largest absolute Gasteiger partial charge is 0.294 e. The number of sulfonamides is 1. The molecule has 0 aliphatic heterocycles. The molecular formula is C24H25NO3S. The van der Waals surface area contributed by atoms with Gasteiger partial charge in [-0.1, -0.05) is 71.8 Å². The molecule has 0 saturated heterocycles. The van der Waals surface area contributed by atoms with Gasteiger partial charge < -0.3 is 0 Å². The lowest BCUT2D eigenvalue weighted by molar-refractivity contribution is 0.0972. The van der Waals surface area contributed by atoms with E-state index in [1.165, 1.54) is 0 Å². The first-order valence-corrected chi connectivity index (χ1v) is 11.0. The van der Waals surface area contributed by atoms with Crippen molar-refractivity contribution in [3.8, 4) is 0 Å². The van der Waals surface area contributed by atoms with E-state index in [2.05, 4.69) is 4.72 Å². The van der Waals surface area contributed by atoms with Gasteiger partial charge in [-0.3, -0.25) is 4.79 Å². The first-order chi connectivity index (χ1) is 13.8. The molecule has 0 radical (unpaired) electrons. The van der Waals surface area contributed by atoms with Crippen molar-refractivity contribution in [1.82, 2.24) is 4.72 Å². The van der Waals surface area contributed by atoms with Crippen LogP contribution in [0, 0.1) is 20.8 Å². The van der Waals surface area contributed by atoms with E-state index in [1.54, 1.807) is 48.5 Å². The number of Topliss-reactive ketones (excluding diaryl/α,β-unsaturated/α-hetero) is 1. The number of ketones is 1. The molecule has 0 fully saturated rings. The zero-order valence-corrected chi connectivity index (χ0v) is 17.7. The van der Waals surface area contributed by atoms with Crippen molar-refractivity contribution >= 4 is 15.8 Å². The van der Waals surface area contributed by atoms with Crippen LogP contribution in [0.1, 0.15) is 45.1 Å². The van der Waals surface area contributed by atoms with Crippen LogP contribution < -0.4 is 4.72 Å². The number of carbonyl (C=O) groups excluding carboxylic acids is 1. The lowest BCUT2D eigenvalue weighted by Gasteiger charge is -2.21. The summed E-state index contributed by atoms with van der Waals surface area (Å²) < 4.78 is 28.8. The van der Waals surface area contributed by atoms with Crippen LogP contribution in [0.15, 0.2) is 77.7 Å². The number of hydrogen-bond acceptors (Lipinski definition) is 3. The van der Waals surface area contributed by atoms with Crippen molar-refractivity contribution in [1.29, 1.82) is 0 Å². The molecule has 0 saturated carbocycles. The zero-order valence-electron chi connectivity index (χ0n) is 16.8. The Hall–Kier alpha value is -2.76. The molecular weight excluding hydrogens is 382 g/mol. The summed E-state index contributed by atoms with van der Waals surface area (Å²) in [4.78, 5) is 13.0. The fraction of sp³-hybridized carbons (Fsp3) is 0.208. The van der Waals surface area contributed by atoms with E-state index in [0.29, 0.717) is 5.56 Å². The molecule has 3 aromatic rings. The first-order valence-electron chi connectivity index (χ1n) is 9.50. The molecule has 0 aliphatic rings. The summed E-state index contributed by atoms with van der Waals surface area (Å²) >= 11 is 0. The number of hydrogen-bond donors (Lipinski definition) is 1. The summed E-state index contributed by atoms with van der Waals surface area (Å²) in [7, 11) is -3.78. The van der Waals surface area contributed by atoms with E-state index in [0.717, 1.165) is 22.3 Å². The third kappa shape index (κ3) is 5.19. The molecule has 0 aromatic heterocycles. The lowest BCUT2D eigenvalue weighted by Crippen LogP contribution is -2.31. The Balaban J connectivity index is 1.97. The second-order valence-electron chi connectivity index (χ2n) is 7.34. The average molecular weight is 408 g/mol. The fourth-order valence-electron chi connectivity index (χ4n) is 3.25. The molecule has 0 heterocycles. The second-order valence-corrected chi connectivity index (χ2v) is 9.05. The summed E-state index contributed by atoms with van der Waals surface area (Å²) in [5.41, 5.74) is 4.31. The van der Waals surface area contributed by atoms with E-state index in [4.69, 9.17) is 0 Å². The van der Waals surface area contributed by atoms with Crippen LogP contribution in [-0.2, 0) is 10.0 Å². The van der Waals surface area contributed by atoms with Crippen LogP contribution in [0.4, 0.5) is 0 Å². The maximum atomic E-state index is 13.0. The molecule has 3 rings (SSSR count). The van der Waals surface area contributed by atoms with Crippen molar-refractivity contribution in [2.75, 3.05) is 0 Å². The number of nitrogens with one attached hydrogen (secondary N) is 1. The summed E-state index contributed by atoms with van der Waals surface area (Å²) in [5.74, 6) is -0.108. The van der Waals surface area contributed by atoms with Crippen LogP contribution in [0.5, 0.6) is 0 Å². The number of aryl methyl sites for hydroxylation is 3. The maximum Gasteiger partial charge on any atom is 0.241 e. The summed E-state index contributed by atoms with van der Waals surface area (Å²) in [6, 6.07) is 20.8. The Morgan fingerprint density at radius 1 is 0.862 bits per heavy atom. The highest BCUT2D eigenvalue weighted by atomic mass is 32.2. The van der Waals surface area contributed by atoms with Gasteiger partial charge in [-0.25, -0.2) is 13.1 Å². The third-order valence-electron chi connectivity index (χ3n) is 4.92. The van der Waals surface area contributed by atoms with Gasteiger partial charge in [-0.2, -0.15) is 0 Å². The van der Waals surface area contributed by atoms with E-state index in [9.17, 15) is 13.2 Å². The molecule has 0 aliphatic carbocycles. The van der Waals surface area contributed by atoms with Gasteiger partial charge >= 0.3 is 0 Å². The van der Waals surface area contributed by atoms with Crippen LogP contribution in [0.25, 0.3) is 0 Å². The smallest absolute Gasteiger partial charge is 0.241 e. The minimum absolute atomic E-state index is 0.0411. The topological polar surface area (TPSA) is 63.2 Å². The van der Waals surface area contributed by atoms with Crippen LogP contribution >= 0.6 is 0 Å². The minimum atomic E-state index is -3.78. The van der Waals surface area contributed by atoms with Crippen molar-refractivity contribution in [3.05, 3.63) is 101 Å². The number of carbonyl (C=O) groups is 1. The molecule has 1 atom stereocenters. The average Bonchev–Trinajstić information content (AvgIpc) is 2.70. The highest BCUT2D eigenvalue weighted by molar-refractivity contribution is 7.89. The van der Waals surface area contributed by atoms with Crippen molar-refractivity contribution < 1.29 is 13.2 Å². The normalized spacial score (nSPS) is 12.5. The van der Waals surface area contributed by atoms with Crippen molar-refractivity contribution in [2.45, 2.75) is 38.1 Å². The molecule has 4 nitrogen and oxygen atoms in total. The highest BCUT2D eigenvalue weighted by Gasteiger charge is 2.25. The maximum absolute atomic E-state index is 13.0. The van der Waals surface area contributed by atoms with Gasteiger partial charge in [0.2, 0.25) is 10.0 Å². The monoisotopic (exact) mass is 407 g/mol. The molecule has 150 valence electrons. The summed E-state index contributed by atoms with van der Waals surface area (Å²) in [5, 5.41) is 0. The molecule has 1 unspecified atom stereocenters. The Morgan fingerprint density at radius 3 is 2.14 bits per heavy atom. The summed E-state index contributed by atoms with van der Waals surface area (Å²) in [6.07, 6.45) is 0.0411. The van der Waals surface area contributed by atoms with E-state index in [-0.39, 0.29) is 17.1 Å². The van der Waals surface area contributed by atoms with Gasteiger partial charge in [-0.15, -0.1) is 0 Å². The van der Waals surface area contributed by atoms with Crippen LogP contribution in [0.2, 0.25) is 0 Å². The van der Waals surface area contributed by atoms with Gasteiger partial charge in [0.25, 0.3) is 0 Å². The SMILES string of the molecule is Cc1ccc(S(=O)(=O)NC(CC(=O)c2ccccc2)c2cc(C)ccc2C)cc1. The molecule has 0 amide bonds. The second kappa shape index (κ2) is 8.72. The van der Waals surface area contributed by atoms with Crippen LogP contribution in [0.3, 0.4) is 0 Å². The van der Waals surface area contributed by atoms with E-state index in [1.807, 2.05) is 45.0 Å². The number of rotatable bonds is 7. The standard InChI is InChI=1S/C24H25NO3S/c1-17-10-13-21(14-11-17)29(27,28)25-23(22-15-18(2)9-12-19(22)3)16-24(26)20-7-5-4-6-8-20/h4-15,23,25H,16H2,1-3H3. The van der Waals surface area contributed by atoms with E-state index < -0.39 is 16.1 Å². The molecule has 0 bridgehead atoms. The van der Waals surface area contributed by atoms with Crippen LogP contribution in [-0.4, -0.2) is 14.2 Å². The van der Waals surface area contributed by atoms with Gasteiger partial charge in [0.15, 0.2) is 5.78 Å². The first kappa shape index (κ1) is 21.0. The predicted octanol–water partition coefficient (Wildman–Crippen LogP) is 4.90. The van der Waals surface area contributed by atoms with Gasteiger partial charge in [-0.05, 0) is 44.0 Å². The van der Waals surface area contributed by atoms with Gasteiger partial charge in [0.05, 0.1) is 10.9 Å². The molecule has 3 aromatic carbocycles. The molecule has 0 spiro atoms. The zero-order chi connectivity index (χ0) is 21.0. The van der Waals surface area contributed by atoms with Gasteiger partial charge in [0, 0.05) is 12.0 Å². The van der Waals surface area contributed by atoms with Gasteiger partial charge in [0.1, 0.15) is 0 Å². The highest BCUT2D eigenvalue weighted by Crippen LogP contribution is 2.26. The van der Waals surface area contributed by atoms with E-state index >= 15 is 0 Å². The Bertz CT molecular complexity index is 1100. The Morgan fingerprint density at radius 2 is 1.48 bits per heavy atom. The van der Waals surface area contributed by atoms with Crippen molar-refractivity contribution in [2.24, 2.45) is 0 Å². The molecule has 1 N–H and O–H groups in total.